The number of nitrogens with one attached hydrogen (secondary N) is 1. The van der Waals surface area contributed by atoms with E-state index < -0.39 is 0 Å². The molecule has 1 atom stereocenters. The number of aryl methyl sites for hydroxylation is 1. The number of rotatable bonds is 6. The van der Waals surface area contributed by atoms with Gasteiger partial charge in [0.1, 0.15) is 0 Å². The van der Waals surface area contributed by atoms with Gasteiger partial charge in [-0.05, 0) is 55.1 Å². The molecule has 2 heteroatoms. The minimum Gasteiger partial charge on any atom is -0.314 e. The van der Waals surface area contributed by atoms with Crippen LogP contribution in [0, 0.1) is 6.92 Å². The molecule has 106 valence electrons. The average Bonchev–Trinajstić information content (AvgIpc) is 2.42. The Morgan fingerprint density at radius 3 is 2.55 bits per heavy atom. The first-order valence-electron chi connectivity index (χ1n) is 7.21. The quantitative estimate of drug-likeness (QED) is 0.830. The molecule has 0 saturated carbocycles. The van der Waals surface area contributed by atoms with Crippen LogP contribution in [-0.4, -0.2) is 12.6 Å². The predicted octanol–water partition coefficient (Wildman–Crippen LogP) is 4.41. The van der Waals surface area contributed by atoms with Crippen LogP contribution >= 0.6 is 11.6 Å². The summed E-state index contributed by atoms with van der Waals surface area (Å²) in [7, 11) is 0. The molecule has 0 aromatic heterocycles. The van der Waals surface area contributed by atoms with Crippen LogP contribution in [0.15, 0.2) is 48.5 Å². The highest BCUT2D eigenvalue weighted by Gasteiger charge is 2.11. The van der Waals surface area contributed by atoms with Crippen LogP contribution in [0.4, 0.5) is 0 Å². The van der Waals surface area contributed by atoms with Crippen LogP contribution in [0.1, 0.15) is 23.6 Å². The molecule has 0 heterocycles. The zero-order chi connectivity index (χ0) is 14.4. The minimum absolute atomic E-state index is 0.444. The van der Waals surface area contributed by atoms with Gasteiger partial charge in [-0.15, -0.1) is 0 Å². The summed E-state index contributed by atoms with van der Waals surface area (Å²) < 4.78 is 0. The summed E-state index contributed by atoms with van der Waals surface area (Å²) in [5, 5.41) is 4.40. The molecular weight excluding hydrogens is 266 g/mol. The zero-order valence-corrected chi connectivity index (χ0v) is 13.0. The van der Waals surface area contributed by atoms with E-state index in [1.165, 1.54) is 16.7 Å². The third-order valence-electron chi connectivity index (χ3n) is 3.59. The standard InChI is InChI=1S/C18H22ClN/c1-3-20-18(12-15-8-6-10-17(19)11-15)13-16-9-5-4-7-14(16)2/h4-11,18,20H,3,12-13H2,1-2H3. The minimum atomic E-state index is 0.444. The lowest BCUT2D eigenvalue weighted by atomic mass is 9.96. The molecule has 0 spiro atoms. The van der Waals surface area contributed by atoms with Crippen LogP contribution in [0.25, 0.3) is 0 Å². The predicted molar refractivity (Wildman–Crippen MR) is 87.5 cm³/mol. The molecular formula is C18H22ClN. The summed E-state index contributed by atoms with van der Waals surface area (Å²) in [6.07, 6.45) is 2.05. The Morgan fingerprint density at radius 2 is 1.85 bits per heavy atom. The zero-order valence-electron chi connectivity index (χ0n) is 12.2. The fourth-order valence-corrected chi connectivity index (χ4v) is 2.77. The van der Waals surface area contributed by atoms with Crippen LogP contribution in [0.5, 0.6) is 0 Å². The maximum Gasteiger partial charge on any atom is 0.0408 e. The first-order valence-corrected chi connectivity index (χ1v) is 7.59. The van der Waals surface area contributed by atoms with E-state index in [1.54, 1.807) is 0 Å². The maximum absolute atomic E-state index is 6.07. The maximum atomic E-state index is 6.07. The molecule has 20 heavy (non-hydrogen) atoms. The van der Waals surface area contributed by atoms with Crippen molar-refractivity contribution in [2.45, 2.75) is 32.7 Å². The lowest BCUT2D eigenvalue weighted by Gasteiger charge is -2.19. The normalized spacial score (nSPS) is 12.3. The van der Waals surface area contributed by atoms with E-state index in [0.29, 0.717) is 6.04 Å². The van der Waals surface area contributed by atoms with Gasteiger partial charge in [0.25, 0.3) is 0 Å². The Kier molecular flexibility index (Phi) is 5.63. The summed E-state index contributed by atoms with van der Waals surface area (Å²) >= 11 is 6.07. The lowest BCUT2D eigenvalue weighted by Crippen LogP contribution is -2.33. The monoisotopic (exact) mass is 287 g/mol. The van der Waals surface area contributed by atoms with E-state index in [1.807, 2.05) is 12.1 Å². The van der Waals surface area contributed by atoms with Gasteiger partial charge in [-0.2, -0.15) is 0 Å². The van der Waals surface area contributed by atoms with Gasteiger partial charge < -0.3 is 5.32 Å². The van der Waals surface area contributed by atoms with Gasteiger partial charge in [-0.3, -0.25) is 0 Å². The van der Waals surface area contributed by atoms with Crippen molar-refractivity contribution in [1.29, 1.82) is 0 Å². The highest BCUT2D eigenvalue weighted by Crippen LogP contribution is 2.15. The summed E-state index contributed by atoms with van der Waals surface area (Å²) in [5.74, 6) is 0. The van der Waals surface area contributed by atoms with Gasteiger partial charge in [0.05, 0.1) is 0 Å². The molecule has 0 aliphatic heterocycles. The second-order valence-electron chi connectivity index (χ2n) is 5.22. The number of hydrogen-bond acceptors (Lipinski definition) is 1. The fraction of sp³-hybridized carbons (Fsp3) is 0.333. The Bertz CT molecular complexity index is 551. The second-order valence-corrected chi connectivity index (χ2v) is 5.66. The Morgan fingerprint density at radius 1 is 1.05 bits per heavy atom. The van der Waals surface area contributed by atoms with Crippen molar-refractivity contribution in [2.24, 2.45) is 0 Å². The Labute approximate surface area is 127 Å². The Hall–Kier alpha value is -1.31. The van der Waals surface area contributed by atoms with Gasteiger partial charge in [-0.25, -0.2) is 0 Å². The van der Waals surface area contributed by atoms with Crippen molar-refractivity contribution < 1.29 is 0 Å². The van der Waals surface area contributed by atoms with Gasteiger partial charge in [0.2, 0.25) is 0 Å². The van der Waals surface area contributed by atoms with Crippen molar-refractivity contribution in [3.8, 4) is 0 Å². The van der Waals surface area contributed by atoms with Gasteiger partial charge in [0, 0.05) is 11.1 Å². The van der Waals surface area contributed by atoms with Crippen molar-refractivity contribution in [2.75, 3.05) is 6.54 Å². The fourth-order valence-electron chi connectivity index (χ4n) is 2.56. The highest BCUT2D eigenvalue weighted by atomic mass is 35.5. The SMILES string of the molecule is CCNC(Cc1cccc(Cl)c1)Cc1ccccc1C. The number of benzene rings is 2. The molecule has 0 radical (unpaired) electrons. The van der Waals surface area contributed by atoms with Crippen molar-refractivity contribution in [3.63, 3.8) is 0 Å². The van der Waals surface area contributed by atoms with E-state index in [4.69, 9.17) is 11.6 Å². The molecule has 0 bridgehead atoms. The first-order chi connectivity index (χ1) is 9.69. The first kappa shape index (κ1) is 15.1. The van der Waals surface area contributed by atoms with E-state index in [9.17, 15) is 0 Å². The van der Waals surface area contributed by atoms with Crippen LogP contribution < -0.4 is 5.32 Å². The van der Waals surface area contributed by atoms with Crippen LogP contribution in [0.3, 0.4) is 0 Å². The van der Waals surface area contributed by atoms with Crippen molar-refractivity contribution in [1.82, 2.24) is 5.32 Å². The highest BCUT2D eigenvalue weighted by molar-refractivity contribution is 6.30. The average molecular weight is 288 g/mol. The third kappa shape index (κ3) is 4.36. The largest absolute Gasteiger partial charge is 0.314 e. The number of likely N-dealkylation sites (N-methyl/N-ethyl adjacent to an activating group) is 1. The number of halogens is 1. The molecule has 1 unspecified atom stereocenters. The molecule has 0 aliphatic rings. The Balaban J connectivity index is 2.09. The number of hydrogen-bond donors (Lipinski definition) is 1. The second kappa shape index (κ2) is 7.47. The molecule has 2 aromatic rings. The van der Waals surface area contributed by atoms with Gasteiger partial charge in [-0.1, -0.05) is 54.9 Å². The van der Waals surface area contributed by atoms with Crippen LogP contribution in [-0.2, 0) is 12.8 Å². The lowest BCUT2D eigenvalue weighted by molar-refractivity contribution is 0.520. The molecule has 0 amide bonds. The summed E-state index contributed by atoms with van der Waals surface area (Å²) in [4.78, 5) is 0. The van der Waals surface area contributed by atoms with E-state index in [0.717, 1.165) is 24.4 Å². The van der Waals surface area contributed by atoms with Crippen LogP contribution in [0.2, 0.25) is 5.02 Å². The van der Waals surface area contributed by atoms with Gasteiger partial charge >= 0.3 is 0 Å². The molecule has 1 nitrogen and oxygen atoms in total. The smallest absolute Gasteiger partial charge is 0.0408 e. The summed E-state index contributed by atoms with van der Waals surface area (Å²) in [6.45, 7) is 5.32. The molecule has 1 N–H and O–H groups in total. The van der Waals surface area contributed by atoms with E-state index >= 15 is 0 Å². The van der Waals surface area contributed by atoms with Crippen molar-refractivity contribution in [3.05, 3.63) is 70.2 Å². The molecule has 0 saturated heterocycles. The molecule has 0 fully saturated rings. The summed E-state index contributed by atoms with van der Waals surface area (Å²) in [5.41, 5.74) is 4.07. The summed E-state index contributed by atoms with van der Waals surface area (Å²) in [6, 6.07) is 17.2. The molecule has 2 aromatic carbocycles. The molecule has 2 rings (SSSR count). The van der Waals surface area contributed by atoms with Crippen molar-refractivity contribution >= 4 is 11.6 Å². The van der Waals surface area contributed by atoms with E-state index in [2.05, 4.69) is 55.6 Å². The topological polar surface area (TPSA) is 12.0 Å². The van der Waals surface area contributed by atoms with E-state index in [-0.39, 0.29) is 0 Å². The third-order valence-corrected chi connectivity index (χ3v) is 3.83. The van der Waals surface area contributed by atoms with Gasteiger partial charge in [0.15, 0.2) is 0 Å². The molecule has 0 aliphatic carbocycles.